The molecule has 1 aromatic rings. The third-order valence-corrected chi connectivity index (χ3v) is 4.27. The van der Waals surface area contributed by atoms with E-state index in [1.807, 2.05) is 18.2 Å². The molecule has 0 N–H and O–H groups in total. The smallest absolute Gasteiger partial charge is 0.305 e. The predicted octanol–water partition coefficient (Wildman–Crippen LogP) is 2.31. The standard InChI is InChI=1S/C12H17O3P/c1-14-12(13)9-6-10-16(15-2)11-7-4-3-5-8-11/h3-5,7-8H,6,9-10H2,1-2H3. The molecular weight excluding hydrogens is 223 g/mol. The van der Waals surface area contributed by atoms with Crippen molar-refractivity contribution in [2.75, 3.05) is 20.4 Å². The van der Waals surface area contributed by atoms with Crippen molar-refractivity contribution in [2.45, 2.75) is 12.8 Å². The second kappa shape index (κ2) is 7.37. The average molecular weight is 240 g/mol. The molecular formula is C12H17O3P. The van der Waals surface area contributed by atoms with Crippen LogP contribution < -0.4 is 5.30 Å². The van der Waals surface area contributed by atoms with Crippen molar-refractivity contribution in [3.8, 4) is 0 Å². The molecule has 0 aliphatic heterocycles. The molecule has 4 heteroatoms. The lowest BCUT2D eigenvalue weighted by Gasteiger charge is -2.14. The Balaban J connectivity index is 2.41. The van der Waals surface area contributed by atoms with Gasteiger partial charge < -0.3 is 9.26 Å². The van der Waals surface area contributed by atoms with Gasteiger partial charge in [-0.05, 0) is 12.6 Å². The summed E-state index contributed by atoms with van der Waals surface area (Å²) in [6, 6.07) is 10.1. The van der Waals surface area contributed by atoms with Crippen LogP contribution in [0.25, 0.3) is 0 Å². The summed E-state index contributed by atoms with van der Waals surface area (Å²) in [4.78, 5) is 11.0. The second-order valence-corrected chi connectivity index (χ2v) is 5.39. The molecule has 3 nitrogen and oxygen atoms in total. The Labute approximate surface area is 97.6 Å². The van der Waals surface area contributed by atoms with Crippen LogP contribution in [0.15, 0.2) is 30.3 Å². The molecule has 0 spiro atoms. The lowest BCUT2D eigenvalue weighted by atomic mass is 10.3. The topological polar surface area (TPSA) is 35.5 Å². The van der Waals surface area contributed by atoms with Crippen LogP contribution in [0.2, 0.25) is 0 Å². The van der Waals surface area contributed by atoms with E-state index in [1.165, 1.54) is 12.4 Å². The summed E-state index contributed by atoms with van der Waals surface area (Å²) in [5.74, 6) is -0.154. The molecule has 0 amide bonds. The second-order valence-electron chi connectivity index (χ2n) is 3.30. The quantitative estimate of drug-likeness (QED) is 0.565. The maximum absolute atomic E-state index is 11.0. The van der Waals surface area contributed by atoms with Gasteiger partial charge in [-0.3, -0.25) is 4.79 Å². The van der Waals surface area contributed by atoms with E-state index in [4.69, 9.17) is 4.52 Å². The number of hydrogen-bond donors (Lipinski definition) is 0. The molecule has 1 unspecified atom stereocenters. The van der Waals surface area contributed by atoms with Crippen LogP contribution in [0.1, 0.15) is 12.8 Å². The monoisotopic (exact) mass is 240 g/mol. The van der Waals surface area contributed by atoms with Crippen LogP contribution in [-0.2, 0) is 14.1 Å². The zero-order valence-electron chi connectivity index (χ0n) is 9.68. The molecule has 0 saturated carbocycles. The first kappa shape index (κ1) is 13.1. The molecule has 88 valence electrons. The van der Waals surface area contributed by atoms with Crippen molar-refractivity contribution < 1.29 is 14.1 Å². The maximum atomic E-state index is 11.0. The van der Waals surface area contributed by atoms with Gasteiger partial charge in [0.15, 0.2) is 0 Å². The molecule has 1 atom stereocenters. The van der Waals surface area contributed by atoms with Gasteiger partial charge in [0.1, 0.15) is 0 Å². The molecule has 0 bridgehead atoms. The number of carbonyl (C=O) groups excluding carboxylic acids is 1. The van der Waals surface area contributed by atoms with Crippen molar-refractivity contribution in [2.24, 2.45) is 0 Å². The van der Waals surface area contributed by atoms with Gasteiger partial charge in [-0.25, -0.2) is 0 Å². The molecule has 0 fully saturated rings. The van der Waals surface area contributed by atoms with Gasteiger partial charge in [0.2, 0.25) is 0 Å². The molecule has 0 heterocycles. The minimum Gasteiger partial charge on any atom is -0.469 e. The van der Waals surface area contributed by atoms with Crippen LogP contribution in [0, 0.1) is 0 Å². The molecule has 1 rings (SSSR count). The van der Waals surface area contributed by atoms with Gasteiger partial charge >= 0.3 is 5.97 Å². The molecule has 0 radical (unpaired) electrons. The SMILES string of the molecule is COC(=O)CCCP(OC)c1ccccc1. The zero-order valence-corrected chi connectivity index (χ0v) is 10.6. The summed E-state index contributed by atoms with van der Waals surface area (Å²) in [7, 11) is 2.54. The van der Waals surface area contributed by atoms with E-state index in [9.17, 15) is 4.79 Å². The third kappa shape index (κ3) is 4.30. The fourth-order valence-corrected chi connectivity index (χ4v) is 2.99. The molecule has 0 saturated heterocycles. The Kier molecular flexibility index (Phi) is 6.05. The summed E-state index contributed by atoms with van der Waals surface area (Å²) in [6.07, 6.45) is 2.16. The van der Waals surface area contributed by atoms with Gasteiger partial charge in [-0.1, -0.05) is 30.3 Å². The van der Waals surface area contributed by atoms with E-state index in [0.717, 1.165) is 12.6 Å². The average Bonchev–Trinajstić information content (AvgIpc) is 2.35. The van der Waals surface area contributed by atoms with Crippen molar-refractivity contribution in [3.63, 3.8) is 0 Å². The number of benzene rings is 1. The van der Waals surface area contributed by atoms with Crippen LogP contribution in [0.5, 0.6) is 0 Å². The molecule has 0 aliphatic carbocycles. The molecule has 1 aromatic carbocycles. The van der Waals surface area contributed by atoms with E-state index in [2.05, 4.69) is 16.9 Å². The van der Waals surface area contributed by atoms with E-state index in [1.54, 1.807) is 7.11 Å². The minimum absolute atomic E-state index is 0.154. The fourth-order valence-electron chi connectivity index (χ4n) is 1.39. The van der Waals surface area contributed by atoms with E-state index in [-0.39, 0.29) is 5.97 Å². The maximum Gasteiger partial charge on any atom is 0.305 e. The highest BCUT2D eigenvalue weighted by atomic mass is 31.1. The van der Waals surface area contributed by atoms with Gasteiger partial charge in [-0.2, -0.15) is 0 Å². The van der Waals surface area contributed by atoms with Crippen molar-refractivity contribution >= 4 is 19.4 Å². The lowest BCUT2D eigenvalue weighted by Crippen LogP contribution is -2.06. The molecule has 16 heavy (non-hydrogen) atoms. The number of ether oxygens (including phenoxy) is 1. The summed E-state index contributed by atoms with van der Waals surface area (Å²) in [6.45, 7) is 0. The number of esters is 1. The van der Waals surface area contributed by atoms with Crippen LogP contribution in [0.3, 0.4) is 0 Å². The summed E-state index contributed by atoms with van der Waals surface area (Å²) in [5, 5.41) is 1.21. The highest BCUT2D eigenvalue weighted by Crippen LogP contribution is 2.35. The zero-order chi connectivity index (χ0) is 11.8. The summed E-state index contributed by atoms with van der Waals surface area (Å²) >= 11 is 0. The Hall–Kier alpha value is -0.920. The highest BCUT2D eigenvalue weighted by Gasteiger charge is 2.10. The first-order valence-corrected chi connectivity index (χ1v) is 6.66. The van der Waals surface area contributed by atoms with E-state index in [0.29, 0.717) is 6.42 Å². The highest BCUT2D eigenvalue weighted by molar-refractivity contribution is 7.60. The van der Waals surface area contributed by atoms with Crippen LogP contribution in [-0.4, -0.2) is 26.4 Å². The number of rotatable bonds is 6. The molecule has 0 aliphatic rings. The Morgan fingerprint density at radius 1 is 1.25 bits per heavy atom. The Morgan fingerprint density at radius 2 is 1.94 bits per heavy atom. The lowest BCUT2D eigenvalue weighted by molar-refractivity contribution is -0.140. The van der Waals surface area contributed by atoms with Crippen LogP contribution >= 0.6 is 8.15 Å². The fraction of sp³-hybridized carbons (Fsp3) is 0.417. The van der Waals surface area contributed by atoms with Crippen molar-refractivity contribution in [1.82, 2.24) is 0 Å². The number of hydrogen-bond acceptors (Lipinski definition) is 3. The Morgan fingerprint density at radius 3 is 2.50 bits per heavy atom. The summed E-state index contributed by atoms with van der Waals surface area (Å²) < 4.78 is 10.1. The van der Waals surface area contributed by atoms with Gasteiger partial charge in [0.25, 0.3) is 0 Å². The van der Waals surface area contributed by atoms with Crippen molar-refractivity contribution in [3.05, 3.63) is 30.3 Å². The van der Waals surface area contributed by atoms with Gasteiger partial charge in [0.05, 0.1) is 15.3 Å². The number of methoxy groups -OCH3 is 1. The van der Waals surface area contributed by atoms with E-state index >= 15 is 0 Å². The Bertz CT molecular complexity index is 313. The van der Waals surface area contributed by atoms with Crippen LogP contribution in [0.4, 0.5) is 0 Å². The van der Waals surface area contributed by atoms with E-state index < -0.39 is 8.15 Å². The summed E-state index contributed by atoms with van der Waals surface area (Å²) in [5.41, 5.74) is 0. The first-order valence-electron chi connectivity index (χ1n) is 5.21. The largest absolute Gasteiger partial charge is 0.469 e. The predicted molar refractivity (Wildman–Crippen MR) is 66.1 cm³/mol. The third-order valence-electron chi connectivity index (χ3n) is 2.23. The molecule has 0 aromatic heterocycles. The number of carbonyl (C=O) groups is 1. The van der Waals surface area contributed by atoms with Crippen molar-refractivity contribution in [1.29, 1.82) is 0 Å². The van der Waals surface area contributed by atoms with Gasteiger partial charge in [-0.15, -0.1) is 0 Å². The first-order chi connectivity index (χ1) is 7.77. The minimum atomic E-state index is -0.597. The van der Waals surface area contributed by atoms with Gasteiger partial charge in [0, 0.05) is 18.8 Å². The normalized spacial score (nSPS) is 12.1.